The number of halogens is 1. The number of hydrogen-bond donors (Lipinski definition) is 0. The first-order valence-electron chi connectivity index (χ1n) is 2.92. The minimum atomic E-state index is -2.83. The highest BCUT2D eigenvalue weighted by molar-refractivity contribution is 9.09. The molecule has 1 aliphatic rings. The predicted octanol–water partition coefficient (Wildman–Crippen LogP) is 0.193. The van der Waals surface area contributed by atoms with Crippen molar-refractivity contribution in [2.24, 2.45) is 0 Å². The summed E-state index contributed by atoms with van der Waals surface area (Å²) in [5.41, 5.74) is 0. The van der Waals surface area contributed by atoms with Gasteiger partial charge in [-0.25, -0.2) is 8.42 Å². The zero-order valence-corrected chi connectivity index (χ0v) is 7.98. The molecule has 0 spiro atoms. The van der Waals surface area contributed by atoms with Gasteiger partial charge in [0.15, 0.2) is 9.84 Å². The monoisotopic (exact) mass is 228 g/mol. The van der Waals surface area contributed by atoms with Gasteiger partial charge in [-0.3, -0.25) is 0 Å². The highest BCUT2D eigenvalue weighted by Crippen LogP contribution is 2.21. The van der Waals surface area contributed by atoms with Gasteiger partial charge in [0.2, 0.25) is 0 Å². The van der Waals surface area contributed by atoms with E-state index in [0.29, 0.717) is 0 Å². The average molecular weight is 229 g/mol. The number of sulfone groups is 1. The fourth-order valence-electron chi connectivity index (χ4n) is 0.988. The summed E-state index contributed by atoms with van der Waals surface area (Å²) in [6.07, 6.45) is -0.162. The molecule has 1 fully saturated rings. The van der Waals surface area contributed by atoms with Gasteiger partial charge in [0.1, 0.15) is 0 Å². The Hall–Kier alpha value is 0.390. The smallest absolute Gasteiger partial charge is 0.154 e. The third kappa shape index (κ3) is 1.71. The van der Waals surface area contributed by atoms with E-state index in [0.717, 1.165) is 0 Å². The standard InChI is InChI=1S/C5H9BrO3S/c1-9-5-3-10(7,8)2-4(5)6/h4-5H,2-3H2,1H3. The Morgan fingerprint density at radius 1 is 1.50 bits per heavy atom. The SMILES string of the molecule is COC1CS(=O)(=O)CC1Br. The second-order valence-electron chi connectivity index (χ2n) is 2.37. The van der Waals surface area contributed by atoms with Crippen molar-refractivity contribution in [1.29, 1.82) is 0 Å². The van der Waals surface area contributed by atoms with E-state index in [4.69, 9.17) is 4.74 Å². The molecule has 2 unspecified atom stereocenters. The van der Waals surface area contributed by atoms with Crippen LogP contribution in [0, 0.1) is 0 Å². The van der Waals surface area contributed by atoms with E-state index in [2.05, 4.69) is 15.9 Å². The molecule has 0 aromatic heterocycles. The Labute approximate surface area is 68.8 Å². The van der Waals surface area contributed by atoms with E-state index in [1.165, 1.54) is 7.11 Å². The van der Waals surface area contributed by atoms with Gasteiger partial charge in [-0.05, 0) is 0 Å². The second kappa shape index (κ2) is 2.79. The first kappa shape index (κ1) is 8.49. The molecule has 0 saturated carbocycles. The maximum absolute atomic E-state index is 10.9. The van der Waals surface area contributed by atoms with Crippen LogP contribution in [0.3, 0.4) is 0 Å². The number of alkyl halides is 1. The van der Waals surface area contributed by atoms with E-state index in [1.54, 1.807) is 0 Å². The van der Waals surface area contributed by atoms with Gasteiger partial charge in [-0.15, -0.1) is 0 Å². The van der Waals surface area contributed by atoms with Gasteiger partial charge in [-0.1, -0.05) is 15.9 Å². The summed E-state index contributed by atoms with van der Waals surface area (Å²) in [6.45, 7) is 0. The summed E-state index contributed by atoms with van der Waals surface area (Å²) in [5, 5.41) is 0. The van der Waals surface area contributed by atoms with E-state index in [-0.39, 0.29) is 22.4 Å². The molecular formula is C5H9BrO3S. The molecule has 0 N–H and O–H groups in total. The molecule has 0 amide bonds. The van der Waals surface area contributed by atoms with Crippen LogP contribution in [0.2, 0.25) is 0 Å². The molecule has 5 heteroatoms. The van der Waals surface area contributed by atoms with Gasteiger partial charge in [0.05, 0.1) is 22.4 Å². The molecule has 60 valence electrons. The molecule has 1 aliphatic heterocycles. The van der Waals surface area contributed by atoms with Gasteiger partial charge in [-0.2, -0.15) is 0 Å². The van der Waals surface area contributed by atoms with Crippen LogP contribution in [0.4, 0.5) is 0 Å². The first-order valence-corrected chi connectivity index (χ1v) is 5.66. The third-order valence-electron chi connectivity index (χ3n) is 1.54. The molecule has 0 aromatic carbocycles. The van der Waals surface area contributed by atoms with Crippen LogP contribution in [0.1, 0.15) is 0 Å². The van der Waals surface area contributed by atoms with E-state index >= 15 is 0 Å². The zero-order valence-electron chi connectivity index (χ0n) is 5.58. The minimum absolute atomic E-state index is 0.0255. The number of hydrogen-bond acceptors (Lipinski definition) is 3. The van der Waals surface area contributed by atoms with Crippen LogP contribution in [0.15, 0.2) is 0 Å². The maximum Gasteiger partial charge on any atom is 0.154 e. The Morgan fingerprint density at radius 2 is 2.10 bits per heavy atom. The quantitative estimate of drug-likeness (QED) is 0.603. The molecule has 0 radical (unpaired) electrons. The van der Waals surface area contributed by atoms with Crippen LogP contribution in [0.5, 0.6) is 0 Å². The molecule has 0 aliphatic carbocycles. The van der Waals surface area contributed by atoms with E-state index < -0.39 is 9.84 Å². The topological polar surface area (TPSA) is 43.4 Å². The van der Waals surface area contributed by atoms with Gasteiger partial charge in [0.25, 0.3) is 0 Å². The minimum Gasteiger partial charge on any atom is -0.379 e. The lowest BCUT2D eigenvalue weighted by molar-refractivity contribution is 0.129. The van der Waals surface area contributed by atoms with Crippen molar-refractivity contribution in [3.8, 4) is 0 Å². The van der Waals surface area contributed by atoms with Crippen molar-refractivity contribution in [3.05, 3.63) is 0 Å². The molecule has 2 atom stereocenters. The molecule has 1 saturated heterocycles. The lowest BCUT2D eigenvalue weighted by Crippen LogP contribution is -2.19. The normalized spacial score (nSPS) is 38.2. The summed E-state index contributed by atoms with van der Waals surface area (Å²) in [5.74, 6) is 0.352. The Bertz CT molecular complexity index is 211. The number of methoxy groups -OCH3 is 1. The molecular weight excluding hydrogens is 220 g/mol. The molecule has 0 bridgehead atoms. The molecule has 3 nitrogen and oxygen atoms in total. The van der Waals surface area contributed by atoms with Gasteiger partial charge < -0.3 is 4.74 Å². The molecule has 0 aromatic rings. The Kier molecular flexibility index (Phi) is 2.37. The highest BCUT2D eigenvalue weighted by Gasteiger charge is 2.35. The lowest BCUT2D eigenvalue weighted by atomic mass is 10.3. The summed E-state index contributed by atoms with van der Waals surface area (Å²) >= 11 is 3.24. The van der Waals surface area contributed by atoms with Crippen molar-refractivity contribution >= 4 is 25.8 Å². The average Bonchev–Trinajstić information content (AvgIpc) is 2.05. The van der Waals surface area contributed by atoms with Crippen molar-refractivity contribution < 1.29 is 13.2 Å². The van der Waals surface area contributed by atoms with Crippen molar-refractivity contribution in [2.45, 2.75) is 10.9 Å². The Balaban J connectivity index is 2.71. The first-order chi connectivity index (χ1) is 4.55. The molecule has 10 heavy (non-hydrogen) atoms. The highest BCUT2D eigenvalue weighted by atomic mass is 79.9. The molecule has 1 rings (SSSR count). The van der Waals surface area contributed by atoms with Crippen molar-refractivity contribution in [2.75, 3.05) is 18.6 Å². The van der Waals surface area contributed by atoms with E-state index in [9.17, 15) is 8.42 Å². The largest absolute Gasteiger partial charge is 0.379 e. The van der Waals surface area contributed by atoms with Gasteiger partial charge >= 0.3 is 0 Å². The number of rotatable bonds is 1. The summed E-state index contributed by atoms with van der Waals surface area (Å²) in [6, 6.07) is 0. The maximum atomic E-state index is 10.9. The van der Waals surface area contributed by atoms with Crippen LogP contribution in [0.25, 0.3) is 0 Å². The summed E-state index contributed by atoms with van der Waals surface area (Å²) < 4.78 is 26.7. The van der Waals surface area contributed by atoms with Crippen LogP contribution < -0.4 is 0 Å². The third-order valence-corrected chi connectivity index (χ3v) is 4.58. The van der Waals surface area contributed by atoms with Crippen LogP contribution in [-0.4, -0.2) is 38.0 Å². The van der Waals surface area contributed by atoms with E-state index in [1.807, 2.05) is 0 Å². The molecule has 1 heterocycles. The predicted molar refractivity (Wildman–Crippen MR) is 42.2 cm³/mol. The van der Waals surface area contributed by atoms with Gasteiger partial charge in [0, 0.05) is 7.11 Å². The fraction of sp³-hybridized carbons (Fsp3) is 1.00. The summed E-state index contributed by atoms with van der Waals surface area (Å²) in [4.78, 5) is -0.0255. The fourth-order valence-corrected chi connectivity index (χ4v) is 4.55. The Morgan fingerprint density at radius 3 is 2.30 bits per heavy atom. The second-order valence-corrected chi connectivity index (χ2v) is 5.70. The van der Waals surface area contributed by atoms with Crippen LogP contribution >= 0.6 is 15.9 Å². The van der Waals surface area contributed by atoms with Crippen LogP contribution in [-0.2, 0) is 14.6 Å². The summed E-state index contributed by atoms with van der Waals surface area (Å²) in [7, 11) is -1.30. The van der Waals surface area contributed by atoms with Crippen molar-refractivity contribution in [3.63, 3.8) is 0 Å². The number of ether oxygens (including phenoxy) is 1. The zero-order chi connectivity index (χ0) is 7.78. The lowest BCUT2D eigenvalue weighted by Gasteiger charge is -2.07. The van der Waals surface area contributed by atoms with Crippen molar-refractivity contribution in [1.82, 2.24) is 0 Å².